The molecule has 0 amide bonds. The monoisotopic (exact) mass is 334 g/mol. The van der Waals surface area contributed by atoms with Gasteiger partial charge in [-0.1, -0.05) is 6.07 Å². The van der Waals surface area contributed by atoms with E-state index in [1.54, 1.807) is 20.1 Å². The summed E-state index contributed by atoms with van der Waals surface area (Å²) >= 11 is 0. The van der Waals surface area contributed by atoms with E-state index in [9.17, 15) is 15.3 Å². The highest BCUT2D eigenvalue weighted by atomic mass is 16.5. The minimum absolute atomic E-state index is 0.338. The lowest BCUT2D eigenvalue weighted by molar-refractivity contribution is -0.180. The second-order valence-corrected chi connectivity index (χ2v) is 5.97. The fourth-order valence-electron chi connectivity index (χ4n) is 3.00. The van der Waals surface area contributed by atoms with E-state index in [0.717, 1.165) is 16.6 Å². The van der Waals surface area contributed by atoms with Crippen molar-refractivity contribution in [2.24, 2.45) is 0 Å². The second kappa shape index (κ2) is 6.90. The van der Waals surface area contributed by atoms with Gasteiger partial charge in [0.2, 0.25) is 5.88 Å². The zero-order valence-corrected chi connectivity index (χ0v) is 13.6. The molecule has 0 bridgehead atoms. The van der Waals surface area contributed by atoms with Crippen molar-refractivity contribution in [1.29, 1.82) is 0 Å². The number of benzene rings is 1. The molecule has 130 valence electrons. The van der Waals surface area contributed by atoms with Crippen LogP contribution >= 0.6 is 0 Å². The van der Waals surface area contributed by atoms with E-state index in [4.69, 9.17) is 9.47 Å². The molecule has 1 aromatic carbocycles. The smallest absolute Gasteiger partial charge is 0.213 e. The van der Waals surface area contributed by atoms with Crippen LogP contribution in [0.1, 0.15) is 6.92 Å². The number of rotatable bonds is 4. The van der Waals surface area contributed by atoms with Crippen molar-refractivity contribution in [3.8, 4) is 5.88 Å². The van der Waals surface area contributed by atoms with Gasteiger partial charge in [0.25, 0.3) is 0 Å². The molecule has 2 heterocycles. The van der Waals surface area contributed by atoms with Gasteiger partial charge in [-0.3, -0.25) is 0 Å². The number of aliphatic hydroxyl groups is 3. The van der Waals surface area contributed by atoms with Crippen molar-refractivity contribution in [2.75, 3.05) is 19.0 Å². The van der Waals surface area contributed by atoms with E-state index in [2.05, 4.69) is 10.3 Å². The van der Waals surface area contributed by atoms with E-state index in [1.165, 1.54) is 0 Å². The Morgan fingerprint density at radius 1 is 1.21 bits per heavy atom. The van der Waals surface area contributed by atoms with E-state index >= 15 is 0 Å². The number of pyridine rings is 1. The molecule has 3 rings (SSSR count). The van der Waals surface area contributed by atoms with Gasteiger partial charge in [0.15, 0.2) is 0 Å². The molecular formula is C17H22N2O5. The highest BCUT2D eigenvalue weighted by molar-refractivity contribution is 5.82. The standard InChI is InChI=1S/C17H22N2O5/c1-9-15(17(22)16(21)13(8-20)24-9)18-11-5-3-10-4-6-14(23-2)19-12(10)7-11/h3-7,9,13,15-18,20-22H,8H2,1-2H3. The molecule has 0 saturated carbocycles. The highest BCUT2D eigenvalue weighted by Crippen LogP contribution is 2.26. The van der Waals surface area contributed by atoms with Crippen molar-refractivity contribution < 1.29 is 24.8 Å². The molecule has 7 nitrogen and oxygen atoms in total. The summed E-state index contributed by atoms with van der Waals surface area (Å²) in [5.41, 5.74) is 1.50. The zero-order valence-electron chi connectivity index (χ0n) is 13.6. The lowest BCUT2D eigenvalue weighted by Gasteiger charge is -2.41. The summed E-state index contributed by atoms with van der Waals surface area (Å²) in [5.74, 6) is 0.523. The van der Waals surface area contributed by atoms with Crippen LogP contribution < -0.4 is 10.1 Å². The number of nitrogens with one attached hydrogen (secondary N) is 1. The van der Waals surface area contributed by atoms with E-state index < -0.39 is 24.4 Å². The number of hydrogen-bond acceptors (Lipinski definition) is 7. The van der Waals surface area contributed by atoms with Crippen LogP contribution in [0.15, 0.2) is 30.3 Å². The van der Waals surface area contributed by atoms with Crippen LogP contribution in [0, 0.1) is 0 Å². The molecule has 2 aromatic rings. The van der Waals surface area contributed by atoms with Gasteiger partial charge in [0.1, 0.15) is 18.3 Å². The number of aromatic nitrogens is 1. The summed E-state index contributed by atoms with van der Waals surface area (Å²) in [6.45, 7) is 1.45. The predicted molar refractivity (Wildman–Crippen MR) is 89.1 cm³/mol. The molecule has 0 radical (unpaired) electrons. The largest absolute Gasteiger partial charge is 0.481 e. The fraction of sp³-hybridized carbons (Fsp3) is 0.471. The van der Waals surface area contributed by atoms with Gasteiger partial charge in [-0.2, -0.15) is 0 Å². The van der Waals surface area contributed by atoms with Crippen molar-refractivity contribution in [3.05, 3.63) is 30.3 Å². The SMILES string of the molecule is COc1ccc2ccc(NC3C(C)OC(CO)C(O)C3O)cc2n1. The first kappa shape index (κ1) is 16.9. The number of ether oxygens (including phenoxy) is 2. The number of methoxy groups -OCH3 is 1. The number of fused-ring (bicyclic) bond motifs is 1. The molecule has 5 unspecified atom stereocenters. The second-order valence-electron chi connectivity index (χ2n) is 5.97. The van der Waals surface area contributed by atoms with Gasteiger partial charge in [0.05, 0.1) is 31.4 Å². The van der Waals surface area contributed by atoms with Crippen molar-refractivity contribution >= 4 is 16.6 Å². The van der Waals surface area contributed by atoms with Crippen molar-refractivity contribution in [3.63, 3.8) is 0 Å². The zero-order chi connectivity index (χ0) is 17.3. The van der Waals surface area contributed by atoms with E-state index in [1.807, 2.05) is 24.3 Å². The lowest BCUT2D eigenvalue weighted by Crippen LogP contribution is -2.60. The average Bonchev–Trinajstić information content (AvgIpc) is 2.61. The number of anilines is 1. The molecule has 1 fully saturated rings. The van der Waals surface area contributed by atoms with Crippen molar-refractivity contribution in [1.82, 2.24) is 4.98 Å². The van der Waals surface area contributed by atoms with Crippen LogP contribution in [0.25, 0.3) is 10.9 Å². The summed E-state index contributed by atoms with van der Waals surface area (Å²) in [6.07, 6.45) is -3.37. The van der Waals surface area contributed by atoms with Gasteiger partial charge in [-0.15, -0.1) is 0 Å². The van der Waals surface area contributed by atoms with Gasteiger partial charge < -0.3 is 30.1 Å². The molecule has 1 saturated heterocycles. The Hall–Kier alpha value is -1.93. The van der Waals surface area contributed by atoms with Crippen LogP contribution in [-0.4, -0.2) is 64.5 Å². The van der Waals surface area contributed by atoms with Crippen LogP contribution in [0.2, 0.25) is 0 Å². The number of nitrogens with zero attached hydrogens (tertiary/aromatic N) is 1. The Labute approximate surface area is 139 Å². The summed E-state index contributed by atoms with van der Waals surface area (Å²) in [7, 11) is 1.56. The normalized spacial score (nSPS) is 30.3. The maximum atomic E-state index is 10.3. The summed E-state index contributed by atoms with van der Waals surface area (Å²) < 4.78 is 10.7. The topological polar surface area (TPSA) is 104 Å². The number of hydrogen-bond donors (Lipinski definition) is 4. The van der Waals surface area contributed by atoms with Crippen LogP contribution in [0.5, 0.6) is 5.88 Å². The summed E-state index contributed by atoms with van der Waals surface area (Å²) in [5, 5.41) is 33.7. The van der Waals surface area contributed by atoms with Gasteiger partial charge in [-0.25, -0.2) is 4.98 Å². The van der Waals surface area contributed by atoms with Crippen LogP contribution in [0.4, 0.5) is 5.69 Å². The third kappa shape index (κ3) is 3.16. The Kier molecular flexibility index (Phi) is 4.86. The third-order valence-electron chi connectivity index (χ3n) is 4.38. The van der Waals surface area contributed by atoms with Crippen LogP contribution in [-0.2, 0) is 4.74 Å². The average molecular weight is 334 g/mol. The molecule has 0 spiro atoms. The molecule has 1 aromatic heterocycles. The molecule has 1 aliphatic heterocycles. The molecule has 1 aliphatic rings. The quantitative estimate of drug-likeness (QED) is 0.646. The molecule has 5 atom stereocenters. The Morgan fingerprint density at radius 3 is 2.67 bits per heavy atom. The highest BCUT2D eigenvalue weighted by Gasteiger charge is 2.42. The first-order valence-electron chi connectivity index (χ1n) is 7.87. The first-order chi connectivity index (χ1) is 11.5. The fourth-order valence-corrected chi connectivity index (χ4v) is 3.00. The Morgan fingerprint density at radius 2 is 1.96 bits per heavy atom. The number of aliphatic hydroxyl groups excluding tert-OH is 3. The third-order valence-corrected chi connectivity index (χ3v) is 4.38. The molecular weight excluding hydrogens is 312 g/mol. The maximum Gasteiger partial charge on any atom is 0.213 e. The van der Waals surface area contributed by atoms with Gasteiger partial charge in [0, 0.05) is 17.1 Å². The predicted octanol–water partition coefficient (Wildman–Crippen LogP) is 0.525. The first-order valence-corrected chi connectivity index (χ1v) is 7.87. The molecule has 24 heavy (non-hydrogen) atoms. The van der Waals surface area contributed by atoms with E-state index in [-0.39, 0.29) is 12.7 Å². The minimum atomic E-state index is -1.15. The molecule has 0 aliphatic carbocycles. The summed E-state index contributed by atoms with van der Waals surface area (Å²) in [6, 6.07) is 8.84. The molecule has 4 N–H and O–H groups in total. The maximum absolute atomic E-state index is 10.3. The van der Waals surface area contributed by atoms with Gasteiger partial charge >= 0.3 is 0 Å². The molecule has 7 heteroatoms. The minimum Gasteiger partial charge on any atom is -0.481 e. The summed E-state index contributed by atoms with van der Waals surface area (Å²) in [4.78, 5) is 4.39. The lowest BCUT2D eigenvalue weighted by atomic mass is 9.93. The van der Waals surface area contributed by atoms with Crippen molar-refractivity contribution in [2.45, 2.75) is 37.4 Å². The van der Waals surface area contributed by atoms with Crippen LogP contribution in [0.3, 0.4) is 0 Å². The Balaban J connectivity index is 1.83. The van der Waals surface area contributed by atoms with Gasteiger partial charge in [-0.05, 0) is 25.1 Å². The van der Waals surface area contributed by atoms with E-state index in [0.29, 0.717) is 5.88 Å². The Bertz CT molecular complexity index is 710.